The molecule has 2 rings (SSSR count). The van der Waals surface area contributed by atoms with Crippen LogP contribution in [0.2, 0.25) is 10.0 Å². The van der Waals surface area contributed by atoms with Crippen LogP contribution in [0.15, 0.2) is 34.5 Å². The predicted octanol–water partition coefficient (Wildman–Crippen LogP) is 4.71. The van der Waals surface area contributed by atoms with Gasteiger partial charge in [0.15, 0.2) is 23.0 Å². The van der Waals surface area contributed by atoms with E-state index in [4.69, 9.17) is 42.1 Å². The molecule has 2 aromatic carbocycles. The average molecular weight is 470 g/mol. The molecule has 0 saturated heterocycles. The first kappa shape index (κ1) is 24.2. The number of carbonyl (C=O) groups is 2. The fraction of sp³-hybridized carbons (Fsp3) is 0.300. The van der Waals surface area contributed by atoms with Gasteiger partial charge in [0.25, 0.3) is 5.91 Å². The number of anilines is 1. The first-order valence-corrected chi connectivity index (χ1v) is 9.56. The van der Waals surface area contributed by atoms with E-state index >= 15 is 0 Å². The van der Waals surface area contributed by atoms with E-state index in [1.807, 2.05) is 0 Å². The number of carbonyl (C=O) groups excluding carboxylic acids is 2. The third-order valence-corrected chi connectivity index (χ3v) is 4.67. The van der Waals surface area contributed by atoms with E-state index in [1.54, 1.807) is 0 Å². The highest BCUT2D eigenvalue weighted by Crippen LogP contribution is 2.39. The lowest BCUT2D eigenvalue weighted by molar-refractivity contribution is -0.126. The molecule has 1 amide bonds. The number of hydrogen-bond donors (Lipinski definition) is 1. The van der Waals surface area contributed by atoms with Crippen LogP contribution in [0.5, 0.6) is 23.0 Å². The molecule has 31 heavy (non-hydrogen) atoms. The fourth-order valence-electron chi connectivity index (χ4n) is 2.55. The largest absolute Gasteiger partial charge is 0.497 e. The number of halogens is 2. The van der Waals surface area contributed by atoms with Crippen molar-refractivity contribution in [1.82, 2.24) is 0 Å². The van der Waals surface area contributed by atoms with Crippen LogP contribution in [0.1, 0.15) is 6.92 Å². The van der Waals surface area contributed by atoms with Crippen LogP contribution >= 0.6 is 23.2 Å². The molecule has 0 heterocycles. The van der Waals surface area contributed by atoms with Crippen LogP contribution < -0.4 is 24.3 Å². The number of ketones is 1. The summed E-state index contributed by atoms with van der Waals surface area (Å²) in [4.78, 5) is 24.8. The van der Waals surface area contributed by atoms with Gasteiger partial charge >= 0.3 is 0 Å². The number of nitrogens with zero attached hydrogens (tertiary/aromatic N) is 2. The Labute approximate surface area is 189 Å². The fourth-order valence-corrected chi connectivity index (χ4v) is 3.02. The molecule has 9 nitrogen and oxygen atoms in total. The molecule has 1 atom stereocenters. The van der Waals surface area contributed by atoms with Gasteiger partial charge in [-0.3, -0.25) is 9.59 Å². The van der Waals surface area contributed by atoms with E-state index in [0.717, 1.165) is 0 Å². The quantitative estimate of drug-likeness (QED) is 0.420. The van der Waals surface area contributed by atoms with Gasteiger partial charge in [0.05, 0.1) is 44.2 Å². The third-order valence-electron chi connectivity index (χ3n) is 4.08. The molecular formula is C20H21Cl2N3O6. The van der Waals surface area contributed by atoms with Crippen LogP contribution in [0.4, 0.5) is 11.4 Å². The van der Waals surface area contributed by atoms with Crippen molar-refractivity contribution in [2.45, 2.75) is 13.0 Å². The molecule has 0 aliphatic rings. The summed E-state index contributed by atoms with van der Waals surface area (Å²) in [7, 11) is 5.75. The molecule has 0 aliphatic heterocycles. The number of nitrogens with one attached hydrogen (secondary N) is 1. The summed E-state index contributed by atoms with van der Waals surface area (Å²) in [6.45, 7) is 1.22. The Balaban J connectivity index is 2.35. The van der Waals surface area contributed by atoms with Gasteiger partial charge in [-0.1, -0.05) is 23.2 Å². The molecule has 166 valence electrons. The lowest BCUT2D eigenvalue weighted by Crippen LogP contribution is -2.32. The maximum Gasteiger partial charge on any atom is 0.258 e. The number of hydrogen-bond acceptors (Lipinski definition) is 8. The molecule has 0 aromatic heterocycles. The number of amides is 1. The van der Waals surface area contributed by atoms with Crippen molar-refractivity contribution in [3.63, 3.8) is 0 Å². The number of ether oxygens (including phenoxy) is 4. The minimum atomic E-state index is -1.45. The van der Waals surface area contributed by atoms with Crippen molar-refractivity contribution >= 4 is 46.3 Å². The van der Waals surface area contributed by atoms with Crippen LogP contribution in [-0.2, 0) is 9.59 Å². The first-order valence-electron chi connectivity index (χ1n) is 8.80. The summed E-state index contributed by atoms with van der Waals surface area (Å²) < 4.78 is 20.7. The van der Waals surface area contributed by atoms with Gasteiger partial charge < -0.3 is 24.3 Å². The van der Waals surface area contributed by atoms with E-state index in [0.29, 0.717) is 17.2 Å². The zero-order valence-electron chi connectivity index (χ0n) is 17.5. The van der Waals surface area contributed by atoms with E-state index in [9.17, 15) is 9.59 Å². The Kier molecular flexibility index (Phi) is 8.47. The molecule has 2 aromatic rings. The summed E-state index contributed by atoms with van der Waals surface area (Å²) in [5.74, 6) is 0.0771. The van der Waals surface area contributed by atoms with Crippen LogP contribution in [0, 0.1) is 0 Å². The van der Waals surface area contributed by atoms with Crippen molar-refractivity contribution in [3.05, 3.63) is 34.3 Å². The zero-order chi connectivity index (χ0) is 23.1. The number of Topliss-reactive ketones (excluding diaryl/α,β-unsaturated/α-hetero) is 1. The molecule has 1 unspecified atom stereocenters. The van der Waals surface area contributed by atoms with Crippen LogP contribution in [0.3, 0.4) is 0 Å². The molecule has 0 fully saturated rings. The summed E-state index contributed by atoms with van der Waals surface area (Å²) in [5.41, 5.74) is 0.405. The number of azo groups is 1. The van der Waals surface area contributed by atoms with E-state index in [1.165, 1.54) is 59.6 Å². The second kappa shape index (κ2) is 10.8. The minimum absolute atomic E-state index is 0.195. The average Bonchev–Trinajstić information content (AvgIpc) is 2.73. The number of methoxy groups -OCH3 is 4. The van der Waals surface area contributed by atoms with Crippen LogP contribution in [-0.4, -0.2) is 46.2 Å². The second-order valence-corrected chi connectivity index (χ2v) is 6.88. The second-order valence-electron chi connectivity index (χ2n) is 6.07. The Morgan fingerprint density at radius 2 is 1.55 bits per heavy atom. The van der Waals surface area contributed by atoms with Gasteiger partial charge in [-0.25, -0.2) is 0 Å². The topological polar surface area (TPSA) is 108 Å². The lowest BCUT2D eigenvalue weighted by atomic mass is 10.2. The molecule has 0 spiro atoms. The summed E-state index contributed by atoms with van der Waals surface area (Å²) in [6, 6.07) is 4.55. The standard InChI is InChI=1S/C20H21Cl2N3O6/c1-10(26)18(25-24-14-9-17(30-4)16(29-3)8-12(14)21)20(27)23-15-7-11(28-2)6-13(22)19(15)31-5/h6-9,18H,1-5H3,(H,23,27). The highest BCUT2D eigenvalue weighted by Gasteiger charge is 2.25. The monoisotopic (exact) mass is 469 g/mol. The van der Waals surface area contributed by atoms with Crippen molar-refractivity contribution in [2.75, 3.05) is 33.8 Å². The number of rotatable bonds is 9. The summed E-state index contributed by atoms with van der Waals surface area (Å²) in [5, 5.41) is 10.8. The lowest BCUT2D eigenvalue weighted by Gasteiger charge is -2.15. The molecule has 0 bridgehead atoms. The third kappa shape index (κ3) is 5.77. The van der Waals surface area contributed by atoms with Crippen molar-refractivity contribution in [3.8, 4) is 23.0 Å². The molecular weight excluding hydrogens is 449 g/mol. The first-order chi connectivity index (χ1) is 14.7. The summed E-state index contributed by atoms with van der Waals surface area (Å²) in [6.07, 6.45) is 0. The molecule has 11 heteroatoms. The highest BCUT2D eigenvalue weighted by atomic mass is 35.5. The van der Waals surface area contributed by atoms with E-state index in [2.05, 4.69) is 15.5 Å². The van der Waals surface area contributed by atoms with Gasteiger partial charge in [0.2, 0.25) is 6.04 Å². The predicted molar refractivity (Wildman–Crippen MR) is 117 cm³/mol. The molecule has 0 saturated carbocycles. The van der Waals surface area contributed by atoms with Crippen molar-refractivity contribution < 1.29 is 28.5 Å². The Morgan fingerprint density at radius 3 is 2.10 bits per heavy atom. The maximum absolute atomic E-state index is 12.8. The van der Waals surface area contributed by atoms with Crippen molar-refractivity contribution in [2.24, 2.45) is 10.2 Å². The maximum atomic E-state index is 12.8. The van der Waals surface area contributed by atoms with Gasteiger partial charge in [0, 0.05) is 24.3 Å². The SMILES string of the molecule is COc1cc(Cl)c(OC)c(NC(=O)C(N=Nc2cc(OC)c(OC)cc2Cl)C(C)=O)c1. The van der Waals surface area contributed by atoms with E-state index < -0.39 is 17.7 Å². The zero-order valence-corrected chi connectivity index (χ0v) is 19.0. The molecule has 0 radical (unpaired) electrons. The van der Waals surface area contributed by atoms with Crippen LogP contribution in [0.25, 0.3) is 0 Å². The van der Waals surface area contributed by atoms with Gasteiger partial charge in [-0.2, -0.15) is 10.2 Å². The minimum Gasteiger partial charge on any atom is -0.497 e. The van der Waals surface area contributed by atoms with Crippen molar-refractivity contribution in [1.29, 1.82) is 0 Å². The van der Waals surface area contributed by atoms with Gasteiger partial charge in [0.1, 0.15) is 11.4 Å². The van der Waals surface area contributed by atoms with Gasteiger partial charge in [-0.15, -0.1) is 0 Å². The molecule has 0 aliphatic carbocycles. The Morgan fingerprint density at radius 1 is 0.903 bits per heavy atom. The Bertz CT molecular complexity index is 1010. The normalized spacial score (nSPS) is 11.7. The number of benzene rings is 2. The highest BCUT2D eigenvalue weighted by molar-refractivity contribution is 6.33. The smallest absolute Gasteiger partial charge is 0.258 e. The van der Waals surface area contributed by atoms with E-state index in [-0.39, 0.29) is 27.2 Å². The molecule has 1 N–H and O–H groups in total. The van der Waals surface area contributed by atoms with Gasteiger partial charge in [-0.05, 0) is 6.92 Å². The summed E-state index contributed by atoms with van der Waals surface area (Å²) >= 11 is 12.3. The Hall–Kier alpha value is -3.04.